The Labute approximate surface area is 166 Å². The van der Waals surface area contributed by atoms with Crippen molar-refractivity contribution in [3.8, 4) is 12.1 Å². The first-order valence-corrected chi connectivity index (χ1v) is 8.75. The minimum atomic E-state index is -1.18. The van der Waals surface area contributed by atoms with Crippen LogP contribution in [-0.4, -0.2) is 21.6 Å². The third-order valence-electron chi connectivity index (χ3n) is 4.35. The number of nitrogens with zero attached hydrogens (tertiary/aromatic N) is 3. The van der Waals surface area contributed by atoms with Gasteiger partial charge in [0.05, 0.1) is 23.7 Å². The largest absolute Gasteiger partial charge is 0.478 e. The number of para-hydroxylation sites is 2. The van der Waals surface area contributed by atoms with Crippen LogP contribution in [0.25, 0.3) is 17.0 Å². The minimum absolute atomic E-state index is 0.0637. The van der Waals surface area contributed by atoms with Crippen molar-refractivity contribution in [2.24, 2.45) is 0 Å². The van der Waals surface area contributed by atoms with Crippen LogP contribution in [0.3, 0.4) is 0 Å². The number of carboxylic acids is 1. The van der Waals surface area contributed by atoms with Gasteiger partial charge in [-0.15, -0.1) is 0 Å². The summed E-state index contributed by atoms with van der Waals surface area (Å²) >= 11 is 0. The molecule has 142 valence electrons. The summed E-state index contributed by atoms with van der Waals surface area (Å²) < 4.78 is 1.90. The zero-order valence-corrected chi connectivity index (χ0v) is 15.3. The van der Waals surface area contributed by atoms with Crippen LogP contribution < -0.4 is 5.32 Å². The second-order valence-corrected chi connectivity index (χ2v) is 6.18. The third kappa shape index (κ3) is 4.15. The molecule has 0 unspecified atom stereocenters. The summed E-state index contributed by atoms with van der Waals surface area (Å²) in [5, 5.41) is 30.9. The zero-order valence-electron chi connectivity index (χ0n) is 15.3. The van der Waals surface area contributed by atoms with Gasteiger partial charge < -0.3 is 15.0 Å². The number of nitrogens with one attached hydrogen (secondary N) is 1. The highest BCUT2D eigenvalue weighted by Gasteiger charge is 2.16. The van der Waals surface area contributed by atoms with E-state index in [1.165, 1.54) is 18.2 Å². The van der Waals surface area contributed by atoms with Gasteiger partial charge in [-0.3, -0.25) is 4.79 Å². The summed E-state index contributed by atoms with van der Waals surface area (Å²) in [4.78, 5) is 23.9. The molecule has 1 heterocycles. The molecule has 2 N–H and O–H groups in total. The molecule has 3 aromatic rings. The standard InChI is InChI=1S/C22H16N4O3/c23-10-5-11-26-14-16(17-6-2-4-9-20(17)26)12-15(13-24)21(27)25-19-8-3-1-7-18(19)22(28)29/h1-4,6-9,12,14H,5,11H2,(H,25,27)(H,28,29)/b15-12+. The number of carboxylic acid groups (broad SMARTS) is 1. The van der Waals surface area contributed by atoms with Gasteiger partial charge in [0, 0.05) is 29.2 Å². The number of nitriles is 2. The van der Waals surface area contributed by atoms with E-state index >= 15 is 0 Å². The third-order valence-corrected chi connectivity index (χ3v) is 4.35. The fraction of sp³-hybridized carbons (Fsp3) is 0.0909. The molecule has 2 aromatic carbocycles. The predicted octanol–water partition coefficient (Wildman–Crippen LogP) is 3.80. The first-order chi connectivity index (χ1) is 14.0. The lowest BCUT2D eigenvalue weighted by Gasteiger charge is -2.07. The fourth-order valence-corrected chi connectivity index (χ4v) is 3.02. The number of anilines is 1. The maximum absolute atomic E-state index is 12.6. The van der Waals surface area contributed by atoms with Crippen molar-refractivity contribution < 1.29 is 14.7 Å². The molecule has 0 aliphatic carbocycles. The summed E-state index contributed by atoms with van der Waals surface area (Å²) in [6.45, 7) is 0.491. The lowest BCUT2D eigenvalue weighted by molar-refractivity contribution is -0.112. The predicted molar refractivity (Wildman–Crippen MR) is 108 cm³/mol. The second kappa shape index (κ2) is 8.55. The van der Waals surface area contributed by atoms with E-state index in [9.17, 15) is 20.0 Å². The van der Waals surface area contributed by atoms with Gasteiger partial charge in [-0.25, -0.2) is 4.79 Å². The van der Waals surface area contributed by atoms with E-state index in [-0.39, 0.29) is 16.8 Å². The summed E-state index contributed by atoms with van der Waals surface area (Å²) in [6, 6.07) is 17.5. The van der Waals surface area contributed by atoms with Crippen LogP contribution in [0, 0.1) is 22.7 Å². The molecule has 29 heavy (non-hydrogen) atoms. The lowest BCUT2D eigenvalue weighted by Crippen LogP contribution is -2.16. The summed E-state index contributed by atoms with van der Waals surface area (Å²) in [7, 11) is 0. The van der Waals surface area contributed by atoms with Gasteiger partial charge in [0.1, 0.15) is 11.6 Å². The van der Waals surface area contributed by atoms with Crippen molar-refractivity contribution in [3.63, 3.8) is 0 Å². The van der Waals surface area contributed by atoms with E-state index in [0.717, 1.165) is 10.9 Å². The molecular formula is C22H16N4O3. The monoisotopic (exact) mass is 384 g/mol. The number of fused-ring (bicyclic) bond motifs is 1. The first kappa shape index (κ1) is 19.4. The van der Waals surface area contributed by atoms with Crippen LogP contribution >= 0.6 is 0 Å². The molecule has 0 spiro atoms. The summed E-state index contributed by atoms with van der Waals surface area (Å²) in [5.41, 5.74) is 1.45. The van der Waals surface area contributed by atoms with E-state index in [1.54, 1.807) is 18.3 Å². The Morgan fingerprint density at radius 1 is 1.10 bits per heavy atom. The molecule has 1 amide bonds. The average molecular weight is 384 g/mol. The number of aromatic carboxylic acids is 1. The molecule has 7 heteroatoms. The van der Waals surface area contributed by atoms with Crippen LogP contribution in [0.5, 0.6) is 0 Å². The van der Waals surface area contributed by atoms with Gasteiger partial charge in [-0.05, 0) is 24.3 Å². The van der Waals surface area contributed by atoms with Gasteiger partial charge >= 0.3 is 5.97 Å². The Morgan fingerprint density at radius 3 is 2.55 bits per heavy atom. The van der Waals surface area contributed by atoms with Crippen molar-refractivity contribution in [2.75, 3.05) is 5.32 Å². The highest BCUT2D eigenvalue weighted by Crippen LogP contribution is 2.24. The number of hydrogen-bond acceptors (Lipinski definition) is 4. The van der Waals surface area contributed by atoms with Crippen LogP contribution in [0.1, 0.15) is 22.3 Å². The van der Waals surface area contributed by atoms with E-state index in [4.69, 9.17) is 5.26 Å². The maximum atomic E-state index is 12.6. The van der Waals surface area contributed by atoms with Gasteiger partial charge in [0.15, 0.2) is 0 Å². The molecule has 0 aliphatic rings. The number of amides is 1. The number of benzene rings is 2. The van der Waals surface area contributed by atoms with Gasteiger partial charge in [0.25, 0.3) is 5.91 Å². The van der Waals surface area contributed by atoms with Crippen molar-refractivity contribution in [2.45, 2.75) is 13.0 Å². The van der Waals surface area contributed by atoms with E-state index in [1.807, 2.05) is 34.9 Å². The topological polar surface area (TPSA) is 119 Å². The van der Waals surface area contributed by atoms with Crippen molar-refractivity contribution in [1.82, 2.24) is 4.57 Å². The Balaban J connectivity index is 1.97. The van der Waals surface area contributed by atoms with E-state index in [0.29, 0.717) is 18.5 Å². The van der Waals surface area contributed by atoms with Gasteiger partial charge in [-0.2, -0.15) is 10.5 Å². The maximum Gasteiger partial charge on any atom is 0.337 e. The summed E-state index contributed by atoms with van der Waals surface area (Å²) in [5.74, 6) is -1.88. The van der Waals surface area contributed by atoms with Crippen LogP contribution in [-0.2, 0) is 11.3 Å². The molecule has 0 atom stereocenters. The number of aromatic nitrogens is 1. The highest BCUT2D eigenvalue weighted by molar-refractivity contribution is 6.12. The smallest absolute Gasteiger partial charge is 0.337 e. The fourth-order valence-electron chi connectivity index (χ4n) is 3.02. The molecule has 0 aliphatic heterocycles. The first-order valence-electron chi connectivity index (χ1n) is 8.75. The van der Waals surface area contributed by atoms with E-state index < -0.39 is 11.9 Å². The molecule has 0 fully saturated rings. The van der Waals surface area contributed by atoms with Crippen molar-refractivity contribution in [3.05, 3.63) is 71.4 Å². The van der Waals surface area contributed by atoms with Crippen LogP contribution in [0.15, 0.2) is 60.3 Å². The average Bonchev–Trinajstić information content (AvgIpc) is 3.08. The normalized spacial score (nSPS) is 10.9. The number of carbonyl (C=O) groups excluding carboxylic acids is 1. The molecule has 0 saturated carbocycles. The molecule has 3 rings (SSSR count). The van der Waals surface area contributed by atoms with Crippen molar-refractivity contribution >= 4 is 34.5 Å². The lowest BCUT2D eigenvalue weighted by atomic mass is 10.1. The highest BCUT2D eigenvalue weighted by atomic mass is 16.4. The Hall–Kier alpha value is -4.36. The molecule has 0 saturated heterocycles. The molecule has 7 nitrogen and oxygen atoms in total. The number of hydrogen-bond donors (Lipinski definition) is 2. The van der Waals surface area contributed by atoms with Gasteiger partial charge in [0.2, 0.25) is 0 Å². The van der Waals surface area contributed by atoms with Gasteiger partial charge in [-0.1, -0.05) is 30.3 Å². The molecule has 0 radical (unpaired) electrons. The second-order valence-electron chi connectivity index (χ2n) is 6.18. The molecule has 1 aromatic heterocycles. The Kier molecular flexibility index (Phi) is 5.72. The van der Waals surface area contributed by atoms with E-state index in [2.05, 4.69) is 11.4 Å². The Bertz CT molecular complexity index is 1210. The summed E-state index contributed by atoms with van der Waals surface area (Å²) in [6.07, 6.45) is 3.58. The number of carbonyl (C=O) groups is 2. The Morgan fingerprint density at radius 2 is 1.83 bits per heavy atom. The number of rotatable bonds is 6. The SMILES string of the molecule is N#CCCn1cc(/C=C(\C#N)C(=O)Nc2ccccc2C(=O)O)c2ccccc21. The van der Waals surface area contributed by atoms with Crippen molar-refractivity contribution in [1.29, 1.82) is 10.5 Å². The number of aryl methyl sites for hydroxylation is 1. The van der Waals surface area contributed by atoms with Crippen LogP contribution in [0.2, 0.25) is 0 Å². The molecular weight excluding hydrogens is 368 g/mol. The van der Waals surface area contributed by atoms with Crippen LogP contribution in [0.4, 0.5) is 5.69 Å². The quantitative estimate of drug-likeness (QED) is 0.495. The zero-order chi connectivity index (χ0) is 20.8. The molecule has 0 bridgehead atoms. The minimum Gasteiger partial charge on any atom is -0.478 e.